The van der Waals surface area contributed by atoms with Crippen molar-refractivity contribution in [2.75, 3.05) is 0 Å². The lowest BCUT2D eigenvalue weighted by atomic mass is 9.99. The minimum atomic E-state index is -1.04. The van der Waals surface area contributed by atoms with Crippen LogP contribution in [0.1, 0.15) is 13.8 Å². The summed E-state index contributed by atoms with van der Waals surface area (Å²) < 4.78 is 5.28. The van der Waals surface area contributed by atoms with E-state index in [4.69, 9.17) is 21.4 Å². The van der Waals surface area contributed by atoms with E-state index in [2.05, 4.69) is 0 Å². The molecule has 1 N–H and O–H groups in total. The Hall–Kier alpha value is -0.800. The zero-order valence-electron chi connectivity index (χ0n) is 8.11. The summed E-state index contributed by atoms with van der Waals surface area (Å²) in [5, 5.41) is 7.65. The number of alkyl halides is 1. The van der Waals surface area contributed by atoms with Gasteiger partial charge < -0.3 is 9.84 Å². The first-order valence-electron chi connectivity index (χ1n) is 4.41. The maximum atomic E-state index is 10.6. The lowest BCUT2D eigenvalue weighted by molar-refractivity contribution is -0.154. The molecule has 0 saturated heterocycles. The van der Waals surface area contributed by atoms with Crippen LogP contribution >= 0.6 is 11.6 Å². The predicted molar refractivity (Wildman–Crippen MR) is 54.2 cm³/mol. The van der Waals surface area contributed by atoms with Crippen LogP contribution in [0.25, 0.3) is 0 Å². The minimum absolute atomic E-state index is 0.0454. The molecule has 0 aromatic carbocycles. The number of carboxylic acids is 1. The van der Waals surface area contributed by atoms with Gasteiger partial charge in [0, 0.05) is 5.92 Å². The summed E-state index contributed by atoms with van der Waals surface area (Å²) in [5.41, 5.74) is 0. The molecule has 0 aliphatic heterocycles. The van der Waals surface area contributed by atoms with E-state index in [-0.39, 0.29) is 5.92 Å². The summed E-state index contributed by atoms with van der Waals surface area (Å²) in [4.78, 5) is 10.6. The Morgan fingerprint density at radius 2 is 2.29 bits per heavy atom. The largest absolute Gasteiger partial charge is 0.479 e. The molecule has 0 saturated carbocycles. The summed E-state index contributed by atoms with van der Waals surface area (Å²) in [6.45, 7) is 3.34. The lowest BCUT2D eigenvalue weighted by Gasteiger charge is -2.31. The van der Waals surface area contributed by atoms with Crippen LogP contribution in [-0.4, -0.2) is 22.2 Å². The monoisotopic (exact) mass is 216 g/mol. The molecule has 0 heterocycles. The molecule has 3 nitrogen and oxygen atoms in total. The standard InChI is InChI=1S/C10H13ClO3/c1-7-5-3-4-6-10(7,11)14-8(2)9(12)13/h3-8H,1-2H3,(H,12,13). The zero-order valence-corrected chi connectivity index (χ0v) is 8.86. The molecule has 0 aromatic rings. The summed E-state index contributed by atoms with van der Waals surface area (Å²) in [5.74, 6) is -1.06. The minimum Gasteiger partial charge on any atom is -0.479 e. The van der Waals surface area contributed by atoms with Crippen molar-refractivity contribution >= 4 is 17.6 Å². The highest BCUT2D eigenvalue weighted by Crippen LogP contribution is 2.33. The third-order valence-electron chi connectivity index (χ3n) is 2.16. The van der Waals surface area contributed by atoms with Gasteiger partial charge in [-0.1, -0.05) is 36.8 Å². The van der Waals surface area contributed by atoms with Crippen molar-refractivity contribution in [1.82, 2.24) is 0 Å². The smallest absolute Gasteiger partial charge is 0.332 e. The van der Waals surface area contributed by atoms with E-state index in [0.717, 1.165) is 0 Å². The molecule has 78 valence electrons. The second-order valence-corrected chi connectivity index (χ2v) is 3.92. The van der Waals surface area contributed by atoms with Crippen LogP contribution < -0.4 is 0 Å². The highest BCUT2D eigenvalue weighted by molar-refractivity contribution is 6.24. The van der Waals surface area contributed by atoms with Gasteiger partial charge in [0.25, 0.3) is 0 Å². The fourth-order valence-electron chi connectivity index (χ4n) is 1.17. The highest BCUT2D eigenvalue weighted by atomic mass is 35.5. The van der Waals surface area contributed by atoms with E-state index < -0.39 is 17.1 Å². The van der Waals surface area contributed by atoms with E-state index in [0.29, 0.717) is 0 Å². The van der Waals surface area contributed by atoms with Crippen LogP contribution in [0.3, 0.4) is 0 Å². The molecular weight excluding hydrogens is 204 g/mol. The third-order valence-corrected chi connectivity index (χ3v) is 2.72. The first-order chi connectivity index (χ1) is 6.46. The number of hydrogen-bond donors (Lipinski definition) is 1. The second-order valence-electron chi connectivity index (χ2n) is 3.33. The number of carbonyl (C=O) groups is 1. The molecule has 0 spiro atoms. The summed E-state index contributed by atoms with van der Waals surface area (Å²) in [7, 11) is 0. The molecule has 1 aliphatic carbocycles. The van der Waals surface area contributed by atoms with Gasteiger partial charge in [0.1, 0.15) is 0 Å². The Bertz CT molecular complexity index is 285. The predicted octanol–water partition coefficient (Wildman–Crippen LogP) is 2.17. The topological polar surface area (TPSA) is 46.5 Å². The second kappa shape index (κ2) is 4.15. The van der Waals surface area contributed by atoms with Crippen LogP contribution in [0, 0.1) is 5.92 Å². The van der Waals surface area contributed by atoms with Gasteiger partial charge in [-0.25, -0.2) is 4.79 Å². The lowest BCUT2D eigenvalue weighted by Crippen LogP contribution is -2.37. The molecule has 1 aliphatic rings. The average molecular weight is 217 g/mol. The van der Waals surface area contributed by atoms with E-state index in [9.17, 15) is 4.79 Å². The number of ether oxygens (including phenoxy) is 1. The van der Waals surface area contributed by atoms with Crippen molar-refractivity contribution < 1.29 is 14.6 Å². The van der Waals surface area contributed by atoms with Crippen molar-refractivity contribution in [3.05, 3.63) is 24.3 Å². The number of halogens is 1. The van der Waals surface area contributed by atoms with Gasteiger partial charge in [-0.2, -0.15) is 0 Å². The van der Waals surface area contributed by atoms with E-state index in [1.807, 2.05) is 19.1 Å². The van der Waals surface area contributed by atoms with Crippen molar-refractivity contribution in [2.45, 2.75) is 25.0 Å². The Balaban J connectivity index is 2.71. The van der Waals surface area contributed by atoms with Crippen LogP contribution in [0.4, 0.5) is 0 Å². The highest BCUT2D eigenvalue weighted by Gasteiger charge is 2.35. The SMILES string of the molecule is CC(OC1(Cl)C=CC=CC1C)C(=O)O. The Kier molecular flexibility index (Phi) is 3.34. The maximum Gasteiger partial charge on any atom is 0.332 e. The molecule has 0 aromatic heterocycles. The summed E-state index contributed by atoms with van der Waals surface area (Å²) in [6.07, 6.45) is 6.24. The molecule has 14 heavy (non-hydrogen) atoms. The van der Waals surface area contributed by atoms with Gasteiger partial charge in [0.05, 0.1) is 0 Å². The van der Waals surface area contributed by atoms with E-state index >= 15 is 0 Å². The fourth-order valence-corrected chi connectivity index (χ4v) is 1.45. The average Bonchev–Trinajstić information content (AvgIpc) is 2.10. The first-order valence-corrected chi connectivity index (χ1v) is 4.79. The molecule has 3 unspecified atom stereocenters. The molecule has 3 atom stereocenters. The number of carboxylic acid groups (broad SMARTS) is 1. The van der Waals surface area contributed by atoms with Crippen LogP contribution in [0.15, 0.2) is 24.3 Å². The van der Waals surface area contributed by atoms with Crippen molar-refractivity contribution in [1.29, 1.82) is 0 Å². The molecule has 1 rings (SSSR count). The quantitative estimate of drug-likeness (QED) is 0.736. The van der Waals surface area contributed by atoms with Gasteiger partial charge in [-0.05, 0) is 13.0 Å². The normalized spacial score (nSPS) is 32.9. The molecule has 4 heteroatoms. The van der Waals surface area contributed by atoms with E-state index in [1.165, 1.54) is 6.92 Å². The summed E-state index contributed by atoms with van der Waals surface area (Å²) >= 11 is 6.14. The number of aliphatic carboxylic acids is 1. The maximum absolute atomic E-state index is 10.6. The summed E-state index contributed by atoms with van der Waals surface area (Å²) in [6, 6.07) is 0. The van der Waals surface area contributed by atoms with Crippen LogP contribution in [0.2, 0.25) is 0 Å². The van der Waals surface area contributed by atoms with Gasteiger partial charge in [0.2, 0.25) is 0 Å². The van der Waals surface area contributed by atoms with Crippen LogP contribution in [-0.2, 0) is 9.53 Å². The third kappa shape index (κ3) is 2.36. The van der Waals surface area contributed by atoms with E-state index in [1.54, 1.807) is 12.2 Å². The fraction of sp³-hybridized carbons (Fsp3) is 0.500. The number of hydrogen-bond acceptors (Lipinski definition) is 2. The number of rotatable bonds is 3. The van der Waals surface area contributed by atoms with Gasteiger partial charge in [0.15, 0.2) is 11.2 Å². The Morgan fingerprint density at radius 1 is 1.64 bits per heavy atom. The van der Waals surface area contributed by atoms with Crippen molar-refractivity contribution in [3.8, 4) is 0 Å². The molecule has 0 amide bonds. The molecule has 0 radical (unpaired) electrons. The van der Waals surface area contributed by atoms with Crippen molar-refractivity contribution in [3.63, 3.8) is 0 Å². The van der Waals surface area contributed by atoms with Gasteiger partial charge in [-0.3, -0.25) is 0 Å². The van der Waals surface area contributed by atoms with Gasteiger partial charge >= 0.3 is 5.97 Å². The Morgan fingerprint density at radius 3 is 2.79 bits per heavy atom. The van der Waals surface area contributed by atoms with Crippen molar-refractivity contribution in [2.24, 2.45) is 5.92 Å². The molecule has 0 fully saturated rings. The van der Waals surface area contributed by atoms with Gasteiger partial charge in [-0.15, -0.1) is 0 Å². The Labute approximate surface area is 88.0 Å². The number of allylic oxidation sites excluding steroid dienone is 2. The van der Waals surface area contributed by atoms with Crippen LogP contribution in [0.5, 0.6) is 0 Å². The molecule has 0 bridgehead atoms. The molecular formula is C10H13ClO3. The zero-order chi connectivity index (χ0) is 10.8. The first kappa shape index (κ1) is 11.3.